The summed E-state index contributed by atoms with van der Waals surface area (Å²) in [7, 11) is 0. The topological polar surface area (TPSA) is 19.4 Å². The van der Waals surface area contributed by atoms with Crippen LogP contribution in [0.1, 0.15) is 25.8 Å². The van der Waals surface area contributed by atoms with E-state index in [0.717, 1.165) is 28.4 Å². The zero-order chi connectivity index (χ0) is 18.6. The summed E-state index contributed by atoms with van der Waals surface area (Å²) in [5, 5.41) is 0. The van der Waals surface area contributed by atoms with Gasteiger partial charge in [0, 0.05) is 23.4 Å². The molecule has 0 aliphatic carbocycles. The normalized spacial score (nSPS) is 25.7. The van der Waals surface area contributed by atoms with Crippen molar-refractivity contribution in [2.75, 3.05) is 9.80 Å². The van der Waals surface area contributed by atoms with Gasteiger partial charge in [-0.05, 0) is 36.8 Å². The van der Waals surface area contributed by atoms with Crippen LogP contribution < -0.4 is 9.80 Å². The number of nitrogens with zero attached hydrogens (tertiary/aromatic N) is 3. The van der Waals surface area contributed by atoms with E-state index in [1.807, 2.05) is 68.6 Å². The van der Waals surface area contributed by atoms with Crippen molar-refractivity contribution in [1.29, 1.82) is 0 Å². The number of aromatic nitrogens is 1. The molecule has 2 aliphatic heterocycles. The van der Waals surface area contributed by atoms with E-state index in [2.05, 4.69) is 33.0 Å². The molecule has 3 atom stereocenters. The maximum absolute atomic E-state index is 16.4. The molecule has 3 unspecified atom stereocenters. The Morgan fingerprint density at radius 1 is 0.926 bits per heavy atom. The van der Waals surface area contributed by atoms with E-state index in [-0.39, 0.29) is 12.1 Å². The van der Waals surface area contributed by atoms with Gasteiger partial charge in [-0.2, -0.15) is 0 Å². The number of fused-ring (bicyclic) bond motifs is 5. The van der Waals surface area contributed by atoms with Crippen LogP contribution in [0.15, 0.2) is 72.9 Å². The van der Waals surface area contributed by atoms with Crippen molar-refractivity contribution in [2.45, 2.75) is 32.1 Å². The summed E-state index contributed by atoms with van der Waals surface area (Å²) in [6.07, 6.45) is 2.11. The number of alkyl halides is 1. The van der Waals surface area contributed by atoms with Gasteiger partial charge in [0.05, 0.1) is 11.4 Å². The summed E-state index contributed by atoms with van der Waals surface area (Å²) < 4.78 is 16.4. The average Bonchev–Trinajstić information content (AvgIpc) is 3.08. The number of benzene rings is 2. The highest BCUT2D eigenvalue weighted by Crippen LogP contribution is 2.58. The molecule has 0 amide bonds. The number of hydrogen-bond donors (Lipinski definition) is 0. The quantitative estimate of drug-likeness (QED) is 0.566. The number of anilines is 4. The summed E-state index contributed by atoms with van der Waals surface area (Å²) >= 11 is 0. The highest BCUT2D eigenvalue weighted by molar-refractivity contribution is 5.88. The van der Waals surface area contributed by atoms with Gasteiger partial charge in [0.2, 0.25) is 0 Å². The summed E-state index contributed by atoms with van der Waals surface area (Å²) in [6.45, 7) is 3.97. The first-order valence-corrected chi connectivity index (χ1v) is 9.54. The minimum absolute atomic E-state index is 0.155. The average molecular weight is 359 g/mol. The highest BCUT2D eigenvalue weighted by Gasteiger charge is 2.55. The Morgan fingerprint density at radius 2 is 1.63 bits per heavy atom. The second-order valence-corrected chi connectivity index (χ2v) is 7.36. The van der Waals surface area contributed by atoms with E-state index in [0.29, 0.717) is 6.42 Å². The van der Waals surface area contributed by atoms with Gasteiger partial charge in [-0.15, -0.1) is 0 Å². The highest BCUT2D eigenvalue weighted by atomic mass is 19.1. The Morgan fingerprint density at radius 3 is 2.41 bits per heavy atom. The molecular formula is C23H22FN3. The molecular weight excluding hydrogens is 337 g/mol. The SMILES string of the molecule is CCC1(F)c2ccccc2N2c3ncccc3N(c3ccccc3)C2C1C. The van der Waals surface area contributed by atoms with Crippen LogP contribution in [0.4, 0.5) is 27.3 Å². The van der Waals surface area contributed by atoms with Crippen molar-refractivity contribution < 1.29 is 4.39 Å². The monoisotopic (exact) mass is 359 g/mol. The Balaban J connectivity index is 1.80. The molecule has 3 nitrogen and oxygen atoms in total. The van der Waals surface area contributed by atoms with Crippen molar-refractivity contribution in [1.82, 2.24) is 4.98 Å². The van der Waals surface area contributed by atoms with Crippen molar-refractivity contribution in [3.8, 4) is 0 Å². The predicted molar refractivity (Wildman–Crippen MR) is 107 cm³/mol. The molecule has 0 bridgehead atoms. The first-order chi connectivity index (χ1) is 13.2. The molecule has 136 valence electrons. The second kappa shape index (κ2) is 5.81. The minimum atomic E-state index is -1.38. The van der Waals surface area contributed by atoms with E-state index in [1.165, 1.54) is 0 Å². The zero-order valence-corrected chi connectivity index (χ0v) is 15.5. The standard InChI is InChI=1S/C23H22FN3/c1-3-23(24)16(2)22-26(17-10-5-4-6-11-17)20-14-9-15-25-21(20)27(22)19-13-8-7-12-18(19)23/h4-16,22H,3H2,1-2H3. The summed E-state index contributed by atoms with van der Waals surface area (Å²) in [5.41, 5.74) is 2.39. The third kappa shape index (κ3) is 2.10. The summed E-state index contributed by atoms with van der Waals surface area (Å²) in [5.74, 6) is 0.663. The van der Waals surface area contributed by atoms with Crippen LogP contribution in [-0.4, -0.2) is 11.1 Å². The van der Waals surface area contributed by atoms with Gasteiger partial charge in [0.15, 0.2) is 5.82 Å². The fraction of sp³-hybridized carbons (Fsp3) is 0.261. The van der Waals surface area contributed by atoms with E-state index in [1.54, 1.807) is 0 Å². The minimum Gasteiger partial charge on any atom is -0.316 e. The largest absolute Gasteiger partial charge is 0.316 e. The lowest BCUT2D eigenvalue weighted by Gasteiger charge is -2.48. The molecule has 0 radical (unpaired) electrons. The van der Waals surface area contributed by atoms with Crippen molar-refractivity contribution in [3.05, 3.63) is 78.5 Å². The Kier molecular flexibility index (Phi) is 3.51. The third-order valence-electron chi connectivity index (χ3n) is 6.11. The van der Waals surface area contributed by atoms with Gasteiger partial charge in [-0.1, -0.05) is 50.2 Å². The van der Waals surface area contributed by atoms with Crippen molar-refractivity contribution in [3.63, 3.8) is 0 Å². The molecule has 2 aromatic carbocycles. The number of halogens is 1. The molecule has 0 saturated carbocycles. The fourth-order valence-electron chi connectivity index (χ4n) is 4.76. The van der Waals surface area contributed by atoms with E-state index >= 15 is 4.39 Å². The molecule has 0 spiro atoms. The lowest BCUT2D eigenvalue weighted by molar-refractivity contribution is 0.0620. The lowest BCUT2D eigenvalue weighted by atomic mass is 9.75. The number of pyridine rings is 1. The molecule has 5 rings (SSSR count). The van der Waals surface area contributed by atoms with Crippen molar-refractivity contribution in [2.24, 2.45) is 5.92 Å². The number of para-hydroxylation sites is 2. The van der Waals surface area contributed by atoms with Crippen molar-refractivity contribution >= 4 is 22.9 Å². The third-order valence-corrected chi connectivity index (χ3v) is 6.11. The molecule has 0 fully saturated rings. The van der Waals surface area contributed by atoms with E-state index in [4.69, 9.17) is 0 Å². The maximum atomic E-state index is 16.4. The van der Waals surface area contributed by atoms with Gasteiger partial charge in [0.25, 0.3) is 0 Å². The van der Waals surface area contributed by atoms with Crippen LogP contribution in [0.3, 0.4) is 0 Å². The molecule has 3 heterocycles. The zero-order valence-electron chi connectivity index (χ0n) is 15.5. The molecule has 2 aliphatic rings. The van der Waals surface area contributed by atoms with Crippen LogP contribution >= 0.6 is 0 Å². The van der Waals surface area contributed by atoms with Crippen LogP contribution in [0.5, 0.6) is 0 Å². The Hall–Kier alpha value is -2.88. The lowest BCUT2D eigenvalue weighted by Crippen LogP contribution is -2.54. The van der Waals surface area contributed by atoms with Gasteiger partial charge in [0.1, 0.15) is 11.8 Å². The smallest absolute Gasteiger partial charge is 0.158 e. The second-order valence-electron chi connectivity index (χ2n) is 7.36. The molecule has 0 N–H and O–H groups in total. The fourth-order valence-corrected chi connectivity index (χ4v) is 4.76. The first kappa shape index (κ1) is 16.3. The Labute approximate surface area is 159 Å². The summed E-state index contributed by atoms with van der Waals surface area (Å²) in [6, 6.07) is 22.1. The van der Waals surface area contributed by atoms with E-state index in [9.17, 15) is 0 Å². The molecule has 3 aromatic rings. The number of rotatable bonds is 2. The molecule has 1 aromatic heterocycles. The van der Waals surface area contributed by atoms with Gasteiger partial charge >= 0.3 is 0 Å². The molecule has 0 saturated heterocycles. The number of hydrogen-bond acceptors (Lipinski definition) is 3. The van der Waals surface area contributed by atoms with Crippen LogP contribution in [-0.2, 0) is 5.67 Å². The first-order valence-electron chi connectivity index (χ1n) is 9.54. The predicted octanol–water partition coefficient (Wildman–Crippen LogP) is 5.92. The Bertz CT molecular complexity index is 990. The van der Waals surface area contributed by atoms with Crippen LogP contribution in [0.2, 0.25) is 0 Å². The van der Waals surface area contributed by atoms with Gasteiger partial charge in [-0.25, -0.2) is 9.37 Å². The van der Waals surface area contributed by atoms with Gasteiger partial charge < -0.3 is 9.80 Å². The maximum Gasteiger partial charge on any atom is 0.158 e. The van der Waals surface area contributed by atoms with Crippen LogP contribution in [0, 0.1) is 5.92 Å². The van der Waals surface area contributed by atoms with Crippen LogP contribution in [0.25, 0.3) is 0 Å². The van der Waals surface area contributed by atoms with Gasteiger partial charge in [-0.3, -0.25) is 0 Å². The molecule has 27 heavy (non-hydrogen) atoms. The van der Waals surface area contributed by atoms with E-state index < -0.39 is 5.67 Å². The summed E-state index contributed by atoms with van der Waals surface area (Å²) in [4.78, 5) is 9.15. The molecule has 4 heteroatoms.